The fraction of sp³-hybridized carbons (Fsp3) is 0.182. The molecule has 2 aromatic carbocycles. The molecule has 2 heterocycles. The quantitative estimate of drug-likeness (QED) is 0.733. The zero-order valence-electron chi connectivity index (χ0n) is 15.4. The molecule has 6 heteroatoms. The van der Waals surface area contributed by atoms with Crippen LogP contribution in [-0.4, -0.2) is 23.1 Å². The van der Waals surface area contributed by atoms with Gasteiger partial charge in [0.05, 0.1) is 11.9 Å². The van der Waals surface area contributed by atoms with Gasteiger partial charge in [-0.15, -0.1) is 0 Å². The summed E-state index contributed by atoms with van der Waals surface area (Å²) in [5.41, 5.74) is 1.62. The zero-order chi connectivity index (χ0) is 19.3. The monoisotopic (exact) mass is 376 g/mol. The summed E-state index contributed by atoms with van der Waals surface area (Å²) in [4.78, 5) is 16.8. The number of anilines is 1. The van der Waals surface area contributed by atoms with Gasteiger partial charge in [-0.1, -0.05) is 42.5 Å². The summed E-state index contributed by atoms with van der Waals surface area (Å²) in [5.74, 6) is 1.40. The van der Waals surface area contributed by atoms with Crippen molar-refractivity contribution >= 4 is 11.6 Å². The summed E-state index contributed by atoms with van der Waals surface area (Å²) in [7, 11) is 0. The third-order valence-corrected chi connectivity index (χ3v) is 4.33. The normalized spacial score (nSPS) is 17.6. The highest BCUT2D eigenvalue weighted by atomic mass is 16.6. The van der Waals surface area contributed by atoms with Crippen molar-refractivity contribution in [3.8, 4) is 17.4 Å². The van der Waals surface area contributed by atoms with E-state index in [-0.39, 0.29) is 5.91 Å². The van der Waals surface area contributed by atoms with Crippen LogP contribution in [0.3, 0.4) is 0 Å². The second-order valence-corrected chi connectivity index (χ2v) is 6.46. The number of ether oxygens (including phenoxy) is 3. The number of amides is 1. The van der Waals surface area contributed by atoms with Crippen LogP contribution in [0.25, 0.3) is 0 Å². The number of benzene rings is 2. The second-order valence-electron chi connectivity index (χ2n) is 6.46. The Hall–Kier alpha value is -3.54. The lowest BCUT2D eigenvalue weighted by atomic mass is 10.1. The Bertz CT molecular complexity index is 944. The van der Waals surface area contributed by atoms with Crippen molar-refractivity contribution in [1.82, 2.24) is 4.98 Å². The molecule has 4 rings (SSSR count). The average molecular weight is 376 g/mol. The first-order valence-corrected chi connectivity index (χ1v) is 9.05. The number of aromatic nitrogens is 1. The summed E-state index contributed by atoms with van der Waals surface area (Å²) in [5, 5.41) is 2.81. The molecule has 1 aromatic heterocycles. The van der Waals surface area contributed by atoms with E-state index in [0.29, 0.717) is 29.7 Å². The van der Waals surface area contributed by atoms with Gasteiger partial charge in [0.1, 0.15) is 12.7 Å². The van der Waals surface area contributed by atoms with Crippen LogP contribution >= 0.6 is 0 Å². The van der Waals surface area contributed by atoms with E-state index < -0.39 is 12.2 Å². The zero-order valence-corrected chi connectivity index (χ0v) is 15.4. The van der Waals surface area contributed by atoms with Crippen molar-refractivity contribution in [2.75, 3.05) is 5.32 Å². The van der Waals surface area contributed by atoms with Gasteiger partial charge in [0, 0.05) is 6.07 Å². The van der Waals surface area contributed by atoms with Gasteiger partial charge < -0.3 is 19.5 Å². The number of hydrogen-bond acceptors (Lipinski definition) is 5. The standard InChI is InChI=1S/C22H20N2O4/c1-15-21(28-19-10-6-5-9-18(19)27-15)22(25)24-17-11-12-20(23-13-17)26-14-16-7-3-2-4-8-16/h2-13,15,21H,14H2,1H3,(H,24,25). The van der Waals surface area contributed by atoms with Crippen LogP contribution < -0.4 is 19.5 Å². The lowest BCUT2D eigenvalue weighted by molar-refractivity contribution is -0.128. The summed E-state index contributed by atoms with van der Waals surface area (Å²) in [6.07, 6.45) is 0.404. The number of pyridine rings is 1. The minimum Gasteiger partial charge on any atom is -0.482 e. The molecule has 0 radical (unpaired) electrons. The molecule has 1 amide bonds. The molecule has 2 atom stereocenters. The van der Waals surface area contributed by atoms with E-state index in [1.54, 1.807) is 31.3 Å². The first-order valence-electron chi connectivity index (χ1n) is 9.05. The van der Waals surface area contributed by atoms with Crippen molar-refractivity contribution < 1.29 is 19.0 Å². The molecule has 0 spiro atoms. The van der Waals surface area contributed by atoms with Crippen LogP contribution in [0.5, 0.6) is 17.4 Å². The lowest BCUT2D eigenvalue weighted by Gasteiger charge is -2.30. The number of para-hydroxylation sites is 2. The average Bonchev–Trinajstić information content (AvgIpc) is 2.73. The Labute approximate surface area is 163 Å². The number of rotatable bonds is 5. The molecule has 6 nitrogen and oxygen atoms in total. The van der Waals surface area contributed by atoms with E-state index in [2.05, 4.69) is 10.3 Å². The smallest absolute Gasteiger partial charge is 0.269 e. The minimum atomic E-state index is -0.746. The molecular formula is C22H20N2O4. The Morgan fingerprint density at radius 3 is 2.43 bits per heavy atom. The molecule has 3 aromatic rings. The summed E-state index contributed by atoms with van der Waals surface area (Å²) >= 11 is 0. The van der Waals surface area contributed by atoms with Crippen LogP contribution in [0.2, 0.25) is 0 Å². The Morgan fingerprint density at radius 2 is 1.71 bits per heavy atom. The van der Waals surface area contributed by atoms with E-state index in [1.807, 2.05) is 48.5 Å². The Balaban J connectivity index is 1.36. The number of nitrogens with one attached hydrogen (secondary N) is 1. The lowest BCUT2D eigenvalue weighted by Crippen LogP contribution is -2.46. The Kier molecular flexibility index (Phi) is 5.10. The van der Waals surface area contributed by atoms with Gasteiger partial charge in [0.2, 0.25) is 12.0 Å². The maximum atomic E-state index is 12.6. The van der Waals surface area contributed by atoms with Crippen molar-refractivity contribution in [3.63, 3.8) is 0 Å². The third kappa shape index (κ3) is 4.06. The highest BCUT2D eigenvalue weighted by molar-refractivity contribution is 5.95. The van der Waals surface area contributed by atoms with Crippen molar-refractivity contribution in [2.24, 2.45) is 0 Å². The molecule has 0 saturated carbocycles. The van der Waals surface area contributed by atoms with Crippen LogP contribution in [0, 0.1) is 0 Å². The summed E-state index contributed by atoms with van der Waals surface area (Å²) < 4.78 is 17.2. The number of carbonyl (C=O) groups is 1. The molecule has 0 bridgehead atoms. The Morgan fingerprint density at radius 1 is 1.00 bits per heavy atom. The first kappa shape index (κ1) is 17.9. The molecule has 0 saturated heterocycles. The number of nitrogens with zero attached hydrogens (tertiary/aromatic N) is 1. The molecule has 28 heavy (non-hydrogen) atoms. The van der Waals surface area contributed by atoms with Crippen molar-refractivity contribution in [2.45, 2.75) is 25.7 Å². The highest BCUT2D eigenvalue weighted by Crippen LogP contribution is 2.33. The van der Waals surface area contributed by atoms with Gasteiger partial charge in [-0.05, 0) is 30.7 Å². The maximum Gasteiger partial charge on any atom is 0.269 e. The molecule has 142 valence electrons. The molecule has 1 aliphatic heterocycles. The molecule has 1 N–H and O–H groups in total. The van der Waals surface area contributed by atoms with E-state index in [9.17, 15) is 4.79 Å². The fourth-order valence-electron chi connectivity index (χ4n) is 2.89. The first-order chi connectivity index (χ1) is 13.7. The van der Waals surface area contributed by atoms with Gasteiger partial charge >= 0.3 is 0 Å². The molecule has 0 aliphatic carbocycles. The van der Waals surface area contributed by atoms with Gasteiger partial charge in [-0.2, -0.15) is 0 Å². The molecule has 0 fully saturated rings. The predicted octanol–water partition coefficient (Wildman–Crippen LogP) is 3.83. The van der Waals surface area contributed by atoms with Crippen molar-refractivity contribution in [3.05, 3.63) is 78.5 Å². The van der Waals surface area contributed by atoms with Crippen LogP contribution in [-0.2, 0) is 11.4 Å². The van der Waals surface area contributed by atoms with Crippen molar-refractivity contribution in [1.29, 1.82) is 0 Å². The summed E-state index contributed by atoms with van der Waals surface area (Å²) in [6, 6.07) is 20.6. The number of fused-ring (bicyclic) bond motifs is 1. The SMILES string of the molecule is CC1Oc2ccccc2OC1C(=O)Nc1ccc(OCc2ccccc2)nc1. The number of carbonyl (C=O) groups excluding carboxylic acids is 1. The fourth-order valence-corrected chi connectivity index (χ4v) is 2.89. The van der Waals surface area contributed by atoms with E-state index >= 15 is 0 Å². The second kappa shape index (κ2) is 8.00. The predicted molar refractivity (Wildman–Crippen MR) is 105 cm³/mol. The molecular weight excluding hydrogens is 356 g/mol. The largest absolute Gasteiger partial charge is 0.482 e. The minimum absolute atomic E-state index is 0.290. The van der Waals surface area contributed by atoms with Crippen LogP contribution in [0.15, 0.2) is 72.9 Å². The summed E-state index contributed by atoms with van der Waals surface area (Å²) in [6.45, 7) is 2.24. The third-order valence-electron chi connectivity index (χ3n) is 4.33. The topological polar surface area (TPSA) is 69.7 Å². The van der Waals surface area contributed by atoms with Gasteiger partial charge in [-0.25, -0.2) is 4.98 Å². The van der Waals surface area contributed by atoms with E-state index in [1.165, 1.54) is 0 Å². The van der Waals surface area contributed by atoms with Gasteiger partial charge in [0.25, 0.3) is 5.91 Å². The van der Waals surface area contributed by atoms with E-state index in [4.69, 9.17) is 14.2 Å². The molecule has 1 aliphatic rings. The maximum absolute atomic E-state index is 12.6. The van der Waals surface area contributed by atoms with Crippen LogP contribution in [0.4, 0.5) is 5.69 Å². The van der Waals surface area contributed by atoms with Gasteiger partial charge in [0.15, 0.2) is 11.5 Å². The number of hydrogen-bond donors (Lipinski definition) is 1. The van der Waals surface area contributed by atoms with E-state index in [0.717, 1.165) is 5.56 Å². The molecule has 2 unspecified atom stereocenters. The van der Waals surface area contributed by atoms with Crippen LogP contribution in [0.1, 0.15) is 12.5 Å². The van der Waals surface area contributed by atoms with Gasteiger partial charge in [-0.3, -0.25) is 4.79 Å². The highest BCUT2D eigenvalue weighted by Gasteiger charge is 2.34.